The van der Waals surface area contributed by atoms with Crippen LogP contribution in [-0.4, -0.2) is 25.4 Å². The summed E-state index contributed by atoms with van der Waals surface area (Å²) in [5, 5.41) is 0. The molecular weight excluding hydrogens is 214 g/mol. The molecule has 2 aliphatic rings. The molecule has 0 aromatic rings. The average molecular weight is 239 g/mol. The maximum Gasteiger partial charge on any atom is 0.0876 e. The van der Waals surface area contributed by atoms with E-state index < -0.39 is 0 Å². The number of hydrogen-bond donors (Lipinski definition) is 1. The largest absolute Gasteiger partial charge is 0.501 e. The average Bonchev–Trinajstić information content (AvgIpc) is 2.65. The molecule has 1 unspecified atom stereocenters. The fraction of sp³-hybridized carbons (Fsp3) is 0.857. The van der Waals surface area contributed by atoms with Crippen LogP contribution >= 0.6 is 0 Å². The molecule has 1 aliphatic heterocycles. The smallest absolute Gasteiger partial charge is 0.0876 e. The first-order chi connectivity index (χ1) is 8.28. The van der Waals surface area contributed by atoms with Gasteiger partial charge in [0.1, 0.15) is 0 Å². The Labute approximate surface area is 104 Å². The molecule has 98 valence electrons. The van der Waals surface area contributed by atoms with E-state index in [1.165, 1.54) is 31.3 Å². The summed E-state index contributed by atoms with van der Waals surface area (Å²) in [5.41, 5.74) is 7.55. The van der Waals surface area contributed by atoms with Crippen LogP contribution in [0.1, 0.15) is 51.4 Å². The van der Waals surface area contributed by atoms with Crippen LogP contribution in [0.25, 0.3) is 0 Å². The fourth-order valence-corrected chi connectivity index (χ4v) is 3.12. The summed E-state index contributed by atoms with van der Waals surface area (Å²) < 4.78 is 11.3. The van der Waals surface area contributed by atoms with Gasteiger partial charge in [0.25, 0.3) is 0 Å². The number of hydrogen-bond acceptors (Lipinski definition) is 3. The Balaban J connectivity index is 2.11. The van der Waals surface area contributed by atoms with Crippen molar-refractivity contribution in [2.24, 2.45) is 5.73 Å². The molecule has 1 saturated carbocycles. The van der Waals surface area contributed by atoms with Crippen molar-refractivity contribution in [3.05, 3.63) is 11.8 Å². The molecule has 0 spiro atoms. The minimum Gasteiger partial charge on any atom is -0.501 e. The predicted molar refractivity (Wildman–Crippen MR) is 68.7 cm³/mol. The second-order valence-electron chi connectivity index (χ2n) is 5.33. The van der Waals surface area contributed by atoms with Crippen molar-refractivity contribution in [2.75, 3.05) is 13.7 Å². The van der Waals surface area contributed by atoms with Crippen molar-refractivity contribution >= 4 is 0 Å². The maximum absolute atomic E-state index is 6.46. The van der Waals surface area contributed by atoms with Crippen LogP contribution in [0.5, 0.6) is 0 Å². The molecule has 17 heavy (non-hydrogen) atoms. The minimum atomic E-state index is -0.150. The van der Waals surface area contributed by atoms with Crippen molar-refractivity contribution in [1.82, 2.24) is 0 Å². The molecule has 3 heteroatoms. The van der Waals surface area contributed by atoms with Gasteiger partial charge in [-0.25, -0.2) is 0 Å². The highest BCUT2D eigenvalue weighted by atomic mass is 16.5. The molecule has 0 bridgehead atoms. The minimum absolute atomic E-state index is 0.00546. The lowest BCUT2D eigenvalue weighted by Gasteiger charge is -2.39. The summed E-state index contributed by atoms with van der Waals surface area (Å²) in [6.45, 7) is 0.830. The third kappa shape index (κ3) is 2.83. The van der Waals surface area contributed by atoms with Gasteiger partial charge in [0.2, 0.25) is 0 Å². The number of nitrogens with two attached hydrogens (primary N) is 1. The molecular formula is C14H25NO2. The second-order valence-corrected chi connectivity index (χ2v) is 5.33. The van der Waals surface area contributed by atoms with Gasteiger partial charge in [0.15, 0.2) is 0 Å². The Morgan fingerprint density at radius 3 is 2.47 bits per heavy atom. The number of ether oxygens (including phenoxy) is 2. The van der Waals surface area contributed by atoms with Crippen LogP contribution in [0.2, 0.25) is 0 Å². The van der Waals surface area contributed by atoms with Gasteiger partial charge in [0.05, 0.1) is 24.5 Å². The Kier molecular flexibility index (Phi) is 4.46. The van der Waals surface area contributed by atoms with Crippen molar-refractivity contribution in [2.45, 2.75) is 63.0 Å². The zero-order chi connectivity index (χ0) is 12.1. The van der Waals surface area contributed by atoms with Gasteiger partial charge in [0, 0.05) is 7.11 Å². The molecule has 0 amide bonds. The predicted octanol–water partition coefficient (Wildman–Crippen LogP) is 2.75. The third-order valence-electron chi connectivity index (χ3n) is 4.29. The first-order valence-corrected chi connectivity index (χ1v) is 6.90. The first-order valence-electron chi connectivity index (χ1n) is 6.90. The quantitative estimate of drug-likeness (QED) is 0.770. The lowest BCUT2D eigenvalue weighted by Crippen LogP contribution is -2.50. The maximum atomic E-state index is 6.46. The highest BCUT2D eigenvalue weighted by Crippen LogP contribution is 2.36. The normalized spacial score (nSPS) is 26.6. The van der Waals surface area contributed by atoms with E-state index in [0.717, 1.165) is 32.3 Å². The summed E-state index contributed by atoms with van der Waals surface area (Å²) in [4.78, 5) is 0. The lowest BCUT2D eigenvalue weighted by atomic mass is 9.81. The van der Waals surface area contributed by atoms with E-state index in [-0.39, 0.29) is 11.6 Å². The number of methoxy groups -OCH3 is 1. The van der Waals surface area contributed by atoms with Crippen LogP contribution in [0.3, 0.4) is 0 Å². The molecule has 1 fully saturated rings. The van der Waals surface area contributed by atoms with Crippen LogP contribution in [0.15, 0.2) is 11.8 Å². The molecule has 1 heterocycles. The summed E-state index contributed by atoms with van der Waals surface area (Å²) in [5.74, 6) is 0. The molecule has 2 N–H and O–H groups in total. The molecule has 3 nitrogen and oxygen atoms in total. The summed E-state index contributed by atoms with van der Waals surface area (Å²) in [6, 6.07) is 0.00546. The monoisotopic (exact) mass is 239 g/mol. The first kappa shape index (κ1) is 12.9. The third-order valence-corrected chi connectivity index (χ3v) is 4.29. The molecule has 0 aromatic carbocycles. The lowest BCUT2D eigenvalue weighted by molar-refractivity contribution is -0.0368. The van der Waals surface area contributed by atoms with E-state index in [2.05, 4.69) is 0 Å². The van der Waals surface area contributed by atoms with Crippen LogP contribution < -0.4 is 5.73 Å². The Bertz CT molecular complexity index is 267. The molecule has 1 aliphatic carbocycles. The van der Waals surface area contributed by atoms with Crippen molar-refractivity contribution < 1.29 is 9.47 Å². The molecule has 1 atom stereocenters. The summed E-state index contributed by atoms with van der Waals surface area (Å²) >= 11 is 0. The van der Waals surface area contributed by atoms with E-state index in [4.69, 9.17) is 15.2 Å². The van der Waals surface area contributed by atoms with Crippen LogP contribution in [0, 0.1) is 0 Å². The van der Waals surface area contributed by atoms with Gasteiger partial charge in [-0.05, 0) is 31.3 Å². The van der Waals surface area contributed by atoms with Gasteiger partial charge in [-0.3, -0.25) is 0 Å². The van der Waals surface area contributed by atoms with E-state index in [0.29, 0.717) is 0 Å². The summed E-state index contributed by atoms with van der Waals surface area (Å²) in [7, 11) is 1.81. The SMILES string of the molecule is COC1(C(N)C2=COCCC2)CCCCCC1. The fourth-order valence-electron chi connectivity index (χ4n) is 3.12. The second kappa shape index (κ2) is 5.87. The van der Waals surface area contributed by atoms with Gasteiger partial charge in [-0.15, -0.1) is 0 Å². The Hall–Kier alpha value is -0.540. The van der Waals surface area contributed by atoms with Gasteiger partial charge in [-0.1, -0.05) is 25.7 Å². The Morgan fingerprint density at radius 1 is 1.24 bits per heavy atom. The zero-order valence-corrected chi connectivity index (χ0v) is 10.9. The standard InChI is InChI=1S/C14H25NO2/c1-16-14(8-4-2-3-5-9-14)13(15)12-7-6-10-17-11-12/h11,13H,2-10,15H2,1H3. The number of rotatable bonds is 3. The Morgan fingerprint density at radius 2 is 1.94 bits per heavy atom. The van der Waals surface area contributed by atoms with E-state index in [1.807, 2.05) is 13.4 Å². The van der Waals surface area contributed by atoms with Gasteiger partial charge < -0.3 is 15.2 Å². The van der Waals surface area contributed by atoms with Crippen molar-refractivity contribution in [3.8, 4) is 0 Å². The van der Waals surface area contributed by atoms with Gasteiger partial charge >= 0.3 is 0 Å². The van der Waals surface area contributed by atoms with Crippen molar-refractivity contribution in [3.63, 3.8) is 0 Å². The molecule has 2 rings (SSSR count). The summed E-state index contributed by atoms with van der Waals surface area (Å²) in [6.07, 6.45) is 11.3. The van der Waals surface area contributed by atoms with Crippen molar-refractivity contribution in [1.29, 1.82) is 0 Å². The van der Waals surface area contributed by atoms with E-state index in [1.54, 1.807) is 0 Å². The highest BCUT2D eigenvalue weighted by Gasteiger charge is 2.39. The molecule has 0 aromatic heterocycles. The van der Waals surface area contributed by atoms with E-state index >= 15 is 0 Å². The molecule has 0 saturated heterocycles. The van der Waals surface area contributed by atoms with Crippen LogP contribution in [-0.2, 0) is 9.47 Å². The zero-order valence-electron chi connectivity index (χ0n) is 10.9. The molecule has 0 radical (unpaired) electrons. The van der Waals surface area contributed by atoms with Gasteiger partial charge in [-0.2, -0.15) is 0 Å². The topological polar surface area (TPSA) is 44.5 Å². The van der Waals surface area contributed by atoms with Crippen LogP contribution in [0.4, 0.5) is 0 Å². The van der Waals surface area contributed by atoms with E-state index in [9.17, 15) is 0 Å². The highest BCUT2D eigenvalue weighted by molar-refractivity contribution is 5.16.